The predicted molar refractivity (Wildman–Crippen MR) is 81.0 cm³/mol. The van der Waals surface area contributed by atoms with Gasteiger partial charge in [-0.25, -0.2) is 4.39 Å². The van der Waals surface area contributed by atoms with E-state index >= 15 is 0 Å². The first-order chi connectivity index (χ1) is 9.69. The lowest BCUT2D eigenvalue weighted by atomic mass is 9.97. The van der Waals surface area contributed by atoms with Crippen LogP contribution in [0.3, 0.4) is 0 Å². The van der Waals surface area contributed by atoms with Crippen molar-refractivity contribution in [2.75, 3.05) is 0 Å². The van der Waals surface area contributed by atoms with Gasteiger partial charge in [-0.2, -0.15) is 0 Å². The lowest BCUT2D eigenvalue weighted by Crippen LogP contribution is -2.35. The predicted octanol–water partition coefficient (Wildman–Crippen LogP) is 3.36. The van der Waals surface area contributed by atoms with Crippen LogP contribution in [0.5, 0.6) is 0 Å². The van der Waals surface area contributed by atoms with Gasteiger partial charge < -0.3 is 0 Å². The smallest absolute Gasteiger partial charge is 0.128 e. The van der Waals surface area contributed by atoms with Crippen molar-refractivity contribution >= 4 is 11.8 Å². The Morgan fingerprint density at radius 1 is 1.30 bits per heavy atom. The van der Waals surface area contributed by atoms with Crippen molar-refractivity contribution in [2.45, 2.75) is 29.5 Å². The van der Waals surface area contributed by atoms with Gasteiger partial charge in [0.2, 0.25) is 0 Å². The number of aryl methyl sites for hydroxylation is 1. The van der Waals surface area contributed by atoms with Crippen molar-refractivity contribution in [3.63, 3.8) is 0 Å². The molecule has 1 aliphatic heterocycles. The summed E-state index contributed by atoms with van der Waals surface area (Å²) in [5, 5.41) is 0.216. The Hall–Kier alpha value is -1.36. The Bertz CT molecular complexity index is 605. The molecule has 2 nitrogen and oxygen atoms in total. The number of nitrogens with one attached hydrogen (secondary N) is 1. The molecule has 0 radical (unpaired) electrons. The van der Waals surface area contributed by atoms with E-state index in [2.05, 4.69) is 17.6 Å². The summed E-state index contributed by atoms with van der Waals surface area (Å²) in [5.41, 5.74) is 5.81. The monoisotopic (exact) mass is 288 g/mol. The average Bonchev–Trinajstić information content (AvgIpc) is 2.87. The molecule has 104 valence electrons. The summed E-state index contributed by atoms with van der Waals surface area (Å²) in [6, 6.07) is 13.3. The third kappa shape index (κ3) is 2.46. The molecule has 0 fully saturated rings. The van der Waals surface area contributed by atoms with Crippen LogP contribution in [0.4, 0.5) is 4.39 Å². The van der Waals surface area contributed by atoms with Crippen LogP contribution < -0.4 is 11.3 Å². The van der Waals surface area contributed by atoms with E-state index in [4.69, 9.17) is 5.84 Å². The highest BCUT2D eigenvalue weighted by molar-refractivity contribution is 8.00. The normalized spacial score (nSPS) is 18.9. The molecule has 1 aliphatic rings. The molecule has 2 atom stereocenters. The van der Waals surface area contributed by atoms with Gasteiger partial charge in [0.25, 0.3) is 0 Å². The largest absolute Gasteiger partial charge is 0.271 e. The van der Waals surface area contributed by atoms with Crippen LogP contribution in [0.15, 0.2) is 47.4 Å². The van der Waals surface area contributed by atoms with Crippen LogP contribution in [0.1, 0.15) is 22.7 Å². The van der Waals surface area contributed by atoms with E-state index in [9.17, 15) is 4.39 Å². The van der Waals surface area contributed by atoms with E-state index in [1.54, 1.807) is 17.8 Å². The van der Waals surface area contributed by atoms with Gasteiger partial charge in [0, 0.05) is 15.7 Å². The maximum absolute atomic E-state index is 14.1. The molecule has 0 aliphatic carbocycles. The second-order valence-electron chi connectivity index (χ2n) is 5.14. The Kier molecular flexibility index (Phi) is 3.78. The zero-order valence-electron chi connectivity index (χ0n) is 11.3. The molecular formula is C16H17FN2S. The van der Waals surface area contributed by atoms with Crippen LogP contribution in [0.25, 0.3) is 0 Å². The highest BCUT2D eigenvalue weighted by Gasteiger charge is 2.31. The van der Waals surface area contributed by atoms with Crippen LogP contribution in [-0.2, 0) is 6.42 Å². The number of thioether (sulfide) groups is 1. The Balaban J connectivity index is 1.91. The van der Waals surface area contributed by atoms with Crippen LogP contribution in [-0.4, -0.2) is 5.25 Å². The Morgan fingerprint density at radius 2 is 2.10 bits per heavy atom. The molecule has 3 N–H and O–H groups in total. The Labute approximate surface area is 122 Å². The zero-order chi connectivity index (χ0) is 14.1. The summed E-state index contributed by atoms with van der Waals surface area (Å²) in [6.07, 6.45) is 0.906. The van der Waals surface area contributed by atoms with E-state index in [1.807, 2.05) is 25.1 Å². The molecule has 0 bridgehead atoms. The minimum absolute atomic E-state index is 0.188. The summed E-state index contributed by atoms with van der Waals surface area (Å²) >= 11 is 1.77. The van der Waals surface area contributed by atoms with E-state index in [0.29, 0.717) is 5.56 Å². The molecule has 1 heterocycles. The van der Waals surface area contributed by atoms with Crippen molar-refractivity contribution in [1.82, 2.24) is 5.43 Å². The molecular weight excluding hydrogens is 271 g/mol. The molecule has 0 spiro atoms. The van der Waals surface area contributed by atoms with Gasteiger partial charge in [0.1, 0.15) is 5.82 Å². The number of hydrazine groups is 1. The average molecular weight is 288 g/mol. The van der Waals surface area contributed by atoms with E-state index in [1.165, 1.54) is 16.5 Å². The number of hydrogen-bond donors (Lipinski definition) is 2. The quantitative estimate of drug-likeness (QED) is 0.672. The molecule has 2 aromatic rings. The summed E-state index contributed by atoms with van der Waals surface area (Å²) in [4.78, 5) is 1.27. The molecule has 2 aromatic carbocycles. The van der Waals surface area contributed by atoms with Gasteiger partial charge in [0.05, 0.1) is 6.04 Å². The fourth-order valence-corrected chi connectivity index (χ4v) is 4.10. The molecule has 2 unspecified atom stereocenters. The van der Waals surface area contributed by atoms with Crippen molar-refractivity contribution in [3.8, 4) is 0 Å². The zero-order valence-corrected chi connectivity index (χ0v) is 12.1. The number of benzene rings is 2. The summed E-state index contributed by atoms with van der Waals surface area (Å²) < 4.78 is 14.1. The first kappa shape index (κ1) is 13.6. The van der Waals surface area contributed by atoms with Gasteiger partial charge in [0.15, 0.2) is 0 Å². The Morgan fingerprint density at radius 3 is 2.85 bits per heavy atom. The van der Waals surface area contributed by atoms with Crippen LogP contribution in [0.2, 0.25) is 0 Å². The van der Waals surface area contributed by atoms with Gasteiger partial charge in [-0.3, -0.25) is 11.3 Å². The second-order valence-corrected chi connectivity index (χ2v) is 6.42. The molecule has 3 rings (SSSR count). The number of halogens is 1. The van der Waals surface area contributed by atoms with Gasteiger partial charge in [-0.1, -0.05) is 35.9 Å². The molecule has 0 saturated carbocycles. The first-order valence-electron chi connectivity index (χ1n) is 6.66. The third-order valence-corrected chi connectivity index (χ3v) is 5.10. The van der Waals surface area contributed by atoms with E-state index in [-0.39, 0.29) is 17.1 Å². The standard InChI is InChI=1S/C16H17FN2S/c1-10-6-7-13(17)12(8-10)16(19-18)15-9-11-4-2-3-5-14(11)20-15/h2-8,15-16,19H,9,18H2,1H3. The van der Waals surface area contributed by atoms with Crippen molar-refractivity contribution in [1.29, 1.82) is 0 Å². The number of rotatable bonds is 3. The second kappa shape index (κ2) is 5.56. The van der Waals surface area contributed by atoms with Crippen molar-refractivity contribution in [2.24, 2.45) is 5.84 Å². The van der Waals surface area contributed by atoms with Crippen molar-refractivity contribution in [3.05, 3.63) is 65.0 Å². The number of fused-ring (bicyclic) bond motifs is 1. The lowest BCUT2D eigenvalue weighted by molar-refractivity contribution is 0.497. The molecule has 0 saturated heterocycles. The minimum atomic E-state index is -0.199. The van der Waals surface area contributed by atoms with Gasteiger partial charge in [-0.15, -0.1) is 11.8 Å². The van der Waals surface area contributed by atoms with Crippen LogP contribution in [0, 0.1) is 12.7 Å². The highest BCUT2D eigenvalue weighted by atomic mass is 32.2. The van der Waals surface area contributed by atoms with E-state index in [0.717, 1.165) is 12.0 Å². The lowest BCUT2D eigenvalue weighted by Gasteiger charge is -2.23. The first-order valence-corrected chi connectivity index (χ1v) is 7.54. The minimum Gasteiger partial charge on any atom is -0.271 e. The highest BCUT2D eigenvalue weighted by Crippen LogP contribution is 2.42. The van der Waals surface area contributed by atoms with Crippen molar-refractivity contribution < 1.29 is 4.39 Å². The topological polar surface area (TPSA) is 38.0 Å². The molecule has 20 heavy (non-hydrogen) atoms. The fourth-order valence-electron chi connectivity index (χ4n) is 2.69. The SMILES string of the molecule is Cc1ccc(F)c(C(NN)C2Cc3ccccc3S2)c1. The maximum Gasteiger partial charge on any atom is 0.128 e. The molecule has 0 aromatic heterocycles. The number of hydrogen-bond acceptors (Lipinski definition) is 3. The molecule has 0 amide bonds. The van der Waals surface area contributed by atoms with Gasteiger partial charge >= 0.3 is 0 Å². The maximum atomic E-state index is 14.1. The number of nitrogens with two attached hydrogens (primary N) is 1. The summed E-state index contributed by atoms with van der Waals surface area (Å²) in [6.45, 7) is 1.97. The summed E-state index contributed by atoms with van der Waals surface area (Å²) in [5.74, 6) is 5.51. The fraction of sp³-hybridized carbons (Fsp3) is 0.250. The van der Waals surface area contributed by atoms with Crippen LogP contribution >= 0.6 is 11.8 Å². The summed E-state index contributed by atoms with van der Waals surface area (Å²) in [7, 11) is 0. The third-order valence-electron chi connectivity index (χ3n) is 3.71. The molecule has 4 heteroatoms. The van der Waals surface area contributed by atoms with Gasteiger partial charge in [-0.05, 0) is 31.0 Å². The van der Waals surface area contributed by atoms with E-state index < -0.39 is 0 Å².